The third-order valence-corrected chi connectivity index (χ3v) is 4.40. The fraction of sp³-hybridized carbons (Fsp3) is 0.533. The molecule has 1 aromatic rings. The Hall–Kier alpha value is -1.07. The van der Waals surface area contributed by atoms with E-state index >= 15 is 0 Å². The monoisotopic (exact) mass is 340 g/mol. The minimum absolute atomic E-state index is 0.133. The molecule has 0 radical (unpaired) electrons. The summed E-state index contributed by atoms with van der Waals surface area (Å²) in [6, 6.07) is 3.88. The highest BCUT2D eigenvalue weighted by Crippen LogP contribution is 2.29. The van der Waals surface area contributed by atoms with Crippen molar-refractivity contribution in [1.82, 2.24) is 10.2 Å². The van der Waals surface area contributed by atoms with Crippen molar-refractivity contribution in [2.24, 2.45) is 5.92 Å². The van der Waals surface area contributed by atoms with Crippen LogP contribution >= 0.6 is 15.9 Å². The average Bonchev–Trinajstić information content (AvgIpc) is 2.44. The number of rotatable bonds is 3. The van der Waals surface area contributed by atoms with Crippen LogP contribution in [0.1, 0.15) is 24.0 Å². The molecule has 0 unspecified atom stereocenters. The highest BCUT2D eigenvalue weighted by molar-refractivity contribution is 9.10. The molecule has 1 saturated heterocycles. The Labute approximate surface area is 128 Å². The lowest BCUT2D eigenvalue weighted by molar-refractivity contribution is -0.125. The normalized spacial score (nSPS) is 17.1. The number of amides is 1. The molecule has 4 nitrogen and oxygen atoms in total. The van der Waals surface area contributed by atoms with E-state index in [9.17, 15) is 9.90 Å². The van der Waals surface area contributed by atoms with Crippen molar-refractivity contribution in [3.63, 3.8) is 0 Å². The van der Waals surface area contributed by atoms with Gasteiger partial charge in [0.05, 0.1) is 0 Å². The van der Waals surface area contributed by atoms with Gasteiger partial charge < -0.3 is 10.4 Å². The number of carbonyl (C=O) groups excluding carboxylic acids is 1. The first-order chi connectivity index (χ1) is 9.51. The van der Waals surface area contributed by atoms with E-state index < -0.39 is 0 Å². The van der Waals surface area contributed by atoms with Crippen molar-refractivity contribution in [2.45, 2.75) is 26.3 Å². The first-order valence-corrected chi connectivity index (χ1v) is 7.72. The zero-order valence-electron chi connectivity index (χ0n) is 11.9. The maximum Gasteiger partial charge on any atom is 0.222 e. The third-order valence-electron chi connectivity index (χ3n) is 3.94. The molecular formula is C15H21BrN2O2. The molecule has 0 atom stereocenters. The van der Waals surface area contributed by atoms with Gasteiger partial charge in [-0.1, -0.05) is 15.9 Å². The van der Waals surface area contributed by atoms with Crippen molar-refractivity contribution < 1.29 is 9.90 Å². The van der Waals surface area contributed by atoms with Crippen LogP contribution < -0.4 is 5.32 Å². The van der Waals surface area contributed by atoms with Crippen LogP contribution in [0.25, 0.3) is 0 Å². The van der Waals surface area contributed by atoms with Crippen LogP contribution in [0.15, 0.2) is 16.6 Å². The lowest BCUT2D eigenvalue weighted by atomic mass is 9.95. The Morgan fingerprint density at radius 3 is 2.70 bits per heavy atom. The van der Waals surface area contributed by atoms with Crippen LogP contribution in [0, 0.1) is 12.8 Å². The van der Waals surface area contributed by atoms with E-state index in [1.807, 2.05) is 19.1 Å². The quantitative estimate of drug-likeness (QED) is 0.888. The van der Waals surface area contributed by atoms with Gasteiger partial charge in [-0.2, -0.15) is 0 Å². The number of nitrogens with one attached hydrogen (secondary N) is 1. The molecule has 1 amide bonds. The number of hydrogen-bond acceptors (Lipinski definition) is 3. The molecule has 1 fully saturated rings. The zero-order chi connectivity index (χ0) is 14.7. The Balaban J connectivity index is 1.98. The van der Waals surface area contributed by atoms with Crippen LogP contribution in [-0.2, 0) is 11.3 Å². The van der Waals surface area contributed by atoms with E-state index in [0.717, 1.165) is 48.1 Å². The van der Waals surface area contributed by atoms with Gasteiger partial charge in [-0.25, -0.2) is 0 Å². The van der Waals surface area contributed by atoms with Gasteiger partial charge in [0.25, 0.3) is 0 Å². The lowest BCUT2D eigenvalue weighted by Crippen LogP contribution is -2.39. The fourth-order valence-electron chi connectivity index (χ4n) is 2.72. The summed E-state index contributed by atoms with van der Waals surface area (Å²) >= 11 is 3.47. The number of aryl methyl sites for hydroxylation is 1. The van der Waals surface area contributed by atoms with Gasteiger partial charge in [0.15, 0.2) is 0 Å². The molecule has 2 N–H and O–H groups in total. The average molecular weight is 341 g/mol. The summed E-state index contributed by atoms with van der Waals surface area (Å²) in [6.07, 6.45) is 1.76. The molecule has 110 valence electrons. The molecule has 0 aromatic heterocycles. The summed E-state index contributed by atoms with van der Waals surface area (Å²) in [7, 11) is 1.69. The highest BCUT2D eigenvalue weighted by atomic mass is 79.9. The number of phenolic OH excluding ortho intramolecular Hbond substituents is 1. The predicted molar refractivity (Wildman–Crippen MR) is 82.6 cm³/mol. The van der Waals surface area contributed by atoms with Crippen LogP contribution in [-0.4, -0.2) is 36.1 Å². The molecule has 1 aromatic carbocycles. The summed E-state index contributed by atoms with van der Waals surface area (Å²) in [6.45, 7) is 4.42. The Kier molecular flexibility index (Phi) is 5.05. The number of piperidine rings is 1. The summed E-state index contributed by atoms with van der Waals surface area (Å²) in [5.41, 5.74) is 1.82. The summed E-state index contributed by atoms with van der Waals surface area (Å²) in [5.74, 6) is 0.654. The Morgan fingerprint density at radius 2 is 2.10 bits per heavy atom. The maximum atomic E-state index is 11.6. The van der Waals surface area contributed by atoms with Crippen LogP contribution in [0.4, 0.5) is 0 Å². The van der Waals surface area contributed by atoms with E-state index in [1.54, 1.807) is 7.05 Å². The topological polar surface area (TPSA) is 52.6 Å². The van der Waals surface area contributed by atoms with Crippen molar-refractivity contribution >= 4 is 21.8 Å². The maximum absolute atomic E-state index is 11.6. The van der Waals surface area contributed by atoms with E-state index in [2.05, 4.69) is 26.1 Å². The largest absolute Gasteiger partial charge is 0.507 e. The molecule has 0 saturated carbocycles. The minimum Gasteiger partial charge on any atom is -0.507 e. The van der Waals surface area contributed by atoms with Gasteiger partial charge in [-0.3, -0.25) is 9.69 Å². The van der Waals surface area contributed by atoms with Gasteiger partial charge >= 0.3 is 0 Å². The van der Waals surface area contributed by atoms with Crippen LogP contribution in [0.2, 0.25) is 0 Å². The second-order valence-electron chi connectivity index (χ2n) is 5.40. The van der Waals surface area contributed by atoms with Crippen molar-refractivity contribution in [1.29, 1.82) is 0 Å². The number of hydrogen-bond donors (Lipinski definition) is 2. The first-order valence-electron chi connectivity index (χ1n) is 6.93. The first kappa shape index (κ1) is 15.3. The van der Waals surface area contributed by atoms with Crippen molar-refractivity contribution in [2.75, 3.05) is 20.1 Å². The fourth-order valence-corrected chi connectivity index (χ4v) is 3.34. The highest BCUT2D eigenvalue weighted by Gasteiger charge is 2.24. The second-order valence-corrected chi connectivity index (χ2v) is 6.31. The van der Waals surface area contributed by atoms with Crippen LogP contribution in [0.3, 0.4) is 0 Å². The smallest absolute Gasteiger partial charge is 0.222 e. The zero-order valence-corrected chi connectivity index (χ0v) is 13.5. The molecule has 2 rings (SSSR count). The molecule has 0 aliphatic carbocycles. The standard InChI is InChI=1S/C15H21BrN2O2/c1-10-7-13(16)8-12(14(10)19)9-18-5-3-11(4-6-18)15(20)17-2/h7-8,11,19H,3-6,9H2,1-2H3,(H,17,20). The SMILES string of the molecule is CNC(=O)C1CCN(Cc2cc(Br)cc(C)c2O)CC1. The number of benzene rings is 1. The van der Waals surface area contributed by atoms with Crippen LogP contribution in [0.5, 0.6) is 5.75 Å². The molecule has 5 heteroatoms. The summed E-state index contributed by atoms with van der Waals surface area (Å²) in [5, 5.41) is 12.8. The van der Waals surface area contributed by atoms with Gasteiger partial charge in [0.1, 0.15) is 5.75 Å². The Morgan fingerprint density at radius 1 is 1.45 bits per heavy atom. The third kappa shape index (κ3) is 3.52. The van der Waals surface area contributed by atoms with Gasteiger partial charge in [0, 0.05) is 29.5 Å². The van der Waals surface area contributed by atoms with Crippen molar-refractivity contribution in [3.05, 3.63) is 27.7 Å². The van der Waals surface area contributed by atoms with Crippen molar-refractivity contribution in [3.8, 4) is 5.75 Å². The molecule has 1 heterocycles. The number of nitrogens with zero attached hydrogens (tertiary/aromatic N) is 1. The molecule has 20 heavy (non-hydrogen) atoms. The van der Waals surface area contributed by atoms with Gasteiger partial charge in [0.2, 0.25) is 5.91 Å². The second kappa shape index (κ2) is 6.59. The number of likely N-dealkylation sites (tertiary alicyclic amines) is 1. The number of carbonyl (C=O) groups is 1. The van der Waals surface area contributed by atoms with E-state index in [1.165, 1.54) is 0 Å². The number of aromatic hydroxyl groups is 1. The van der Waals surface area contributed by atoms with E-state index in [4.69, 9.17) is 0 Å². The summed E-state index contributed by atoms with van der Waals surface area (Å²) in [4.78, 5) is 13.9. The summed E-state index contributed by atoms with van der Waals surface area (Å²) < 4.78 is 0.989. The molecule has 1 aliphatic rings. The molecule has 0 spiro atoms. The van der Waals surface area contributed by atoms with E-state index in [-0.39, 0.29) is 11.8 Å². The molecular weight excluding hydrogens is 320 g/mol. The van der Waals surface area contributed by atoms with E-state index in [0.29, 0.717) is 5.75 Å². The molecule has 1 aliphatic heterocycles. The Bertz CT molecular complexity index is 497. The van der Waals surface area contributed by atoms with Gasteiger partial charge in [-0.15, -0.1) is 0 Å². The molecule has 0 bridgehead atoms. The predicted octanol–water partition coefficient (Wildman–Crippen LogP) is 2.42. The van der Waals surface area contributed by atoms with Gasteiger partial charge in [-0.05, 0) is 50.6 Å². The number of halogens is 1. The minimum atomic E-state index is 0.133. The number of phenols is 1. The lowest BCUT2D eigenvalue weighted by Gasteiger charge is -2.31.